The zero-order valence-electron chi connectivity index (χ0n) is 9.88. The molecule has 0 saturated carbocycles. The third-order valence-electron chi connectivity index (χ3n) is 3.29. The summed E-state index contributed by atoms with van der Waals surface area (Å²) in [5.41, 5.74) is -0.239. The molecule has 4 heteroatoms. The fraction of sp³-hybridized carbons (Fsp3) is 0.286. The lowest BCUT2D eigenvalue weighted by atomic mass is 9.87. The van der Waals surface area contributed by atoms with Gasteiger partial charge < -0.3 is 9.47 Å². The minimum absolute atomic E-state index is 0.00991. The molecule has 0 N–H and O–H groups in total. The summed E-state index contributed by atoms with van der Waals surface area (Å²) < 4.78 is 11.0. The summed E-state index contributed by atoms with van der Waals surface area (Å²) in [6.45, 7) is 1.79. The first kappa shape index (κ1) is 11.0. The summed E-state index contributed by atoms with van der Waals surface area (Å²) in [4.78, 5) is 23.2. The second kappa shape index (κ2) is 3.70. The minimum atomic E-state index is -0.825. The lowest BCUT2D eigenvalue weighted by Crippen LogP contribution is -2.48. The SMILES string of the molecule is CC1(C2C=CC(=O)O2)CC(=O)c2ccccc2O1. The summed E-state index contributed by atoms with van der Waals surface area (Å²) in [6.07, 6.45) is 2.70. The maximum Gasteiger partial charge on any atom is 0.331 e. The monoisotopic (exact) mass is 244 g/mol. The van der Waals surface area contributed by atoms with Crippen molar-refractivity contribution >= 4 is 11.8 Å². The highest BCUT2D eigenvalue weighted by Gasteiger charge is 2.45. The Kier molecular flexibility index (Phi) is 2.26. The summed E-state index contributed by atoms with van der Waals surface area (Å²) in [6, 6.07) is 7.12. The quantitative estimate of drug-likeness (QED) is 0.708. The van der Waals surface area contributed by atoms with E-state index < -0.39 is 17.7 Å². The number of hydrogen-bond acceptors (Lipinski definition) is 4. The molecule has 3 rings (SSSR count). The highest BCUT2D eigenvalue weighted by molar-refractivity contribution is 6.00. The van der Waals surface area contributed by atoms with Crippen LogP contribution in [-0.2, 0) is 9.53 Å². The van der Waals surface area contributed by atoms with E-state index in [0.717, 1.165) is 0 Å². The molecule has 0 aliphatic carbocycles. The van der Waals surface area contributed by atoms with Gasteiger partial charge in [0, 0.05) is 6.08 Å². The van der Waals surface area contributed by atoms with E-state index in [1.54, 1.807) is 31.2 Å². The number of cyclic esters (lactones) is 1. The number of rotatable bonds is 1. The van der Waals surface area contributed by atoms with E-state index in [9.17, 15) is 9.59 Å². The summed E-state index contributed by atoms with van der Waals surface area (Å²) >= 11 is 0. The summed E-state index contributed by atoms with van der Waals surface area (Å²) in [5, 5.41) is 0. The Morgan fingerprint density at radius 2 is 2.06 bits per heavy atom. The Labute approximate surface area is 104 Å². The van der Waals surface area contributed by atoms with Crippen LogP contribution in [0.3, 0.4) is 0 Å². The number of ketones is 1. The molecule has 0 aromatic heterocycles. The minimum Gasteiger partial charge on any atom is -0.482 e. The zero-order chi connectivity index (χ0) is 12.8. The van der Waals surface area contributed by atoms with Crippen molar-refractivity contribution in [3.8, 4) is 5.75 Å². The van der Waals surface area contributed by atoms with Gasteiger partial charge in [0.1, 0.15) is 5.75 Å². The van der Waals surface area contributed by atoms with Gasteiger partial charge in [-0.2, -0.15) is 0 Å². The fourth-order valence-corrected chi connectivity index (χ4v) is 2.34. The molecule has 4 nitrogen and oxygen atoms in total. The highest BCUT2D eigenvalue weighted by Crippen LogP contribution is 2.37. The van der Waals surface area contributed by atoms with E-state index in [4.69, 9.17) is 9.47 Å². The number of benzene rings is 1. The Morgan fingerprint density at radius 1 is 1.28 bits per heavy atom. The molecule has 2 atom stereocenters. The molecule has 0 bridgehead atoms. The molecule has 0 fully saturated rings. The third-order valence-corrected chi connectivity index (χ3v) is 3.29. The molecule has 2 aliphatic rings. The van der Waals surface area contributed by atoms with E-state index in [2.05, 4.69) is 0 Å². The first-order valence-corrected chi connectivity index (χ1v) is 5.78. The number of carbonyl (C=O) groups is 2. The van der Waals surface area contributed by atoms with Gasteiger partial charge in [-0.15, -0.1) is 0 Å². The van der Waals surface area contributed by atoms with Crippen LogP contribution in [0.2, 0.25) is 0 Å². The topological polar surface area (TPSA) is 52.6 Å². The van der Waals surface area contributed by atoms with Crippen molar-refractivity contribution in [1.82, 2.24) is 0 Å². The van der Waals surface area contributed by atoms with Gasteiger partial charge in [-0.3, -0.25) is 4.79 Å². The van der Waals surface area contributed by atoms with Crippen LogP contribution in [0.5, 0.6) is 5.75 Å². The lowest BCUT2D eigenvalue weighted by Gasteiger charge is -2.37. The van der Waals surface area contributed by atoms with Gasteiger partial charge >= 0.3 is 5.97 Å². The molecule has 2 heterocycles. The maximum absolute atomic E-state index is 12.1. The molecular weight excluding hydrogens is 232 g/mol. The average molecular weight is 244 g/mol. The van der Waals surface area contributed by atoms with Crippen molar-refractivity contribution in [1.29, 1.82) is 0 Å². The van der Waals surface area contributed by atoms with E-state index in [-0.39, 0.29) is 12.2 Å². The number of Topliss-reactive ketones (excluding diaryl/α,β-unsaturated/α-hetero) is 1. The largest absolute Gasteiger partial charge is 0.482 e. The number of ether oxygens (including phenoxy) is 2. The van der Waals surface area contributed by atoms with Crippen LogP contribution in [0.1, 0.15) is 23.7 Å². The van der Waals surface area contributed by atoms with E-state index in [1.165, 1.54) is 6.08 Å². The van der Waals surface area contributed by atoms with Crippen molar-refractivity contribution in [2.45, 2.75) is 25.0 Å². The normalized spacial score (nSPS) is 29.7. The summed E-state index contributed by atoms with van der Waals surface area (Å²) in [5.74, 6) is 0.166. The van der Waals surface area contributed by atoms with Gasteiger partial charge in [0.05, 0.1) is 12.0 Å². The standard InChI is InChI=1S/C14H12O4/c1-14(12-6-7-13(16)17-12)8-10(15)9-4-2-3-5-11(9)18-14/h2-7,12H,8H2,1H3. The first-order chi connectivity index (χ1) is 8.58. The van der Waals surface area contributed by atoms with Gasteiger partial charge in [-0.25, -0.2) is 4.79 Å². The lowest BCUT2D eigenvalue weighted by molar-refractivity contribution is -0.146. The second-order valence-corrected chi connectivity index (χ2v) is 4.73. The van der Waals surface area contributed by atoms with Crippen molar-refractivity contribution in [3.63, 3.8) is 0 Å². The predicted molar refractivity (Wildman–Crippen MR) is 63.4 cm³/mol. The Balaban J connectivity index is 1.96. The Morgan fingerprint density at radius 3 is 2.78 bits per heavy atom. The number of esters is 1. The fourth-order valence-electron chi connectivity index (χ4n) is 2.34. The van der Waals surface area contributed by atoms with E-state index in [1.807, 2.05) is 6.07 Å². The number of carbonyl (C=O) groups excluding carboxylic acids is 2. The molecule has 0 radical (unpaired) electrons. The van der Waals surface area contributed by atoms with Crippen molar-refractivity contribution < 1.29 is 19.1 Å². The van der Waals surface area contributed by atoms with Crippen molar-refractivity contribution in [3.05, 3.63) is 42.0 Å². The van der Waals surface area contributed by atoms with Crippen LogP contribution >= 0.6 is 0 Å². The van der Waals surface area contributed by atoms with Gasteiger partial charge in [-0.1, -0.05) is 12.1 Å². The second-order valence-electron chi connectivity index (χ2n) is 4.73. The zero-order valence-corrected chi connectivity index (χ0v) is 9.88. The maximum atomic E-state index is 12.1. The van der Waals surface area contributed by atoms with Crippen LogP contribution in [-0.4, -0.2) is 23.5 Å². The molecule has 2 aliphatic heterocycles. The molecule has 0 saturated heterocycles. The van der Waals surface area contributed by atoms with Crippen LogP contribution in [0.15, 0.2) is 36.4 Å². The number of hydrogen-bond donors (Lipinski definition) is 0. The molecule has 92 valence electrons. The molecule has 1 aromatic carbocycles. The van der Waals surface area contributed by atoms with Crippen LogP contribution < -0.4 is 4.74 Å². The molecular formula is C14H12O4. The molecule has 0 amide bonds. The van der Waals surface area contributed by atoms with Crippen molar-refractivity contribution in [2.75, 3.05) is 0 Å². The van der Waals surface area contributed by atoms with Gasteiger partial charge in [0.15, 0.2) is 17.5 Å². The number of fused-ring (bicyclic) bond motifs is 1. The van der Waals surface area contributed by atoms with Crippen LogP contribution in [0, 0.1) is 0 Å². The highest BCUT2D eigenvalue weighted by atomic mass is 16.6. The average Bonchev–Trinajstić information content (AvgIpc) is 2.76. The Hall–Kier alpha value is -2.10. The molecule has 1 aromatic rings. The predicted octanol–water partition coefficient (Wildman–Crippen LogP) is 1.89. The van der Waals surface area contributed by atoms with E-state index in [0.29, 0.717) is 11.3 Å². The Bertz CT molecular complexity index is 561. The molecule has 0 spiro atoms. The smallest absolute Gasteiger partial charge is 0.331 e. The summed E-state index contributed by atoms with van der Waals surface area (Å²) in [7, 11) is 0. The van der Waals surface area contributed by atoms with Gasteiger partial charge in [-0.05, 0) is 25.1 Å². The third kappa shape index (κ3) is 1.61. The van der Waals surface area contributed by atoms with Crippen LogP contribution in [0.4, 0.5) is 0 Å². The molecule has 18 heavy (non-hydrogen) atoms. The first-order valence-electron chi connectivity index (χ1n) is 5.78. The van der Waals surface area contributed by atoms with Gasteiger partial charge in [0.25, 0.3) is 0 Å². The van der Waals surface area contributed by atoms with Gasteiger partial charge in [0.2, 0.25) is 0 Å². The van der Waals surface area contributed by atoms with E-state index >= 15 is 0 Å². The number of para-hydroxylation sites is 1. The molecule has 2 unspecified atom stereocenters. The van der Waals surface area contributed by atoms with Crippen LogP contribution in [0.25, 0.3) is 0 Å². The van der Waals surface area contributed by atoms with Crippen molar-refractivity contribution in [2.24, 2.45) is 0 Å².